The van der Waals surface area contributed by atoms with Crippen molar-refractivity contribution in [3.05, 3.63) is 11.8 Å². The molecule has 2 heterocycles. The average molecular weight is 466 g/mol. The first kappa shape index (κ1) is 24.9. The molecule has 0 saturated carbocycles. The molecule has 0 atom stereocenters. The van der Waals surface area contributed by atoms with E-state index < -0.39 is 76.0 Å². The number of rotatable bonds is 3. The van der Waals surface area contributed by atoms with Gasteiger partial charge >= 0.3 is 24.7 Å². The van der Waals surface area contributed by atoms with Crippen molar-refractivity contribution in [1.82, 2.24) is 10.0 Å². The maximum absolute atomic E-state index is 13.9. The van der Waals surface area contributed by atoms with Crippen LogP contribution in [0.4, 0.5) is 52.7 Å². The molecule has 14 heteroatoms. The molecule has 0 unspecified atom stereocenters. The predicted molar refractivity (Wildman–Crippen MR) is 79.7 cm³/mol. The number of hydrogen-bond acceptors (Lipinski definition) is 2. The van der Waals surface area contributed by atoms with Crippen LogP contribution in [-0.2, 0) is 0 Å². The second-order valence-electron chi connectivity index (χ2n) is 7.97. The van der Waals surface area contributed by atoms with Crippen LogP contribution >= 0.6 is 0 Å². The molecule has 2 nitrogen and oxygen atoms in total. The summed E-state index contributed by atoms with van der Waals surface area (Å²) in [5.41, 5.74) is -14.1. The van der Waals surface area contributed by atoms with E-state index >= 15 is 0 Å². The number of hydrazine groups is 1. The van der Waals surface area contributed by atoms with Gasteiger partial charge in [-0.15, -0.1) is 0 Å². The van der Waals surface area contributed by atoms with Crippen molar-refractivity contribution in [2.45, 2.75) is 87.8 Å². The minimum Gasteiger partial charge on any atom is -0.285 e. The normalized spacial score (nSPS) is 24.2. The fourth-order valence-electron chi connectivity index (χ4n) is 4.29. The lowest BCUT2D eigenvalue weighted by Gasteiger charge is -2.48. The van der Waals surface area contributed by atoms with Gasteiger partial charge in [-0.1, -0.05) is 13.3 Å². The van der Waals surface area contributed by atoms with Crippen LogP contribution in [0.3, 0.4) is 0 Å². The van der Waals surface area contributed by atoms with E-state index in [1.165, 1.54) is 6.92 Å². The molecule has 0 aromatic rings. The summed E-state index contributed by atoms with van der Waals surface area (Å²) >= 11 is 0. The van der Waals surface area contributed by atoms with Crippen LogP contribution in [0, 0.1) is 0 Å². The molecule has 2 rings (SSSR count). The standard InChI is InChI=1S/C16H18F12N2/c1-4-5-6-9-7-11(13(17,18)19,14(20,21)22)30-10(2,3)8-12(29(9)30,15(23,24)25)16(26,27)28/h7H,4-6,8H2,1-3H3. The van der Waals surface area contributed by atoms with Gasteiger partial charge in [0.05, 0.1) is 0 Å². The van der Waals surface area contributed by atoms with E-state index in [1.807, 2.05) is 0 Å². The third-order valence-electron chi connectivity index (χ3n) is 5.39. The SMILES string of the molecule is CCCCC1=CC(C(F)(F)F)(C(F)(F)F)N2N1C(C(F)(F)F)(C(F)(F)F)CC2(C)C. The smallest absolute Gasteiger partial charge is 0.285 e. The fraction of sp³-hybridized carbons (Fsp3) is 0.875. The van der Waals surface area contributed by atoms with E-state index in [9.17, 15) is 52.7 Å². The van der Waals surface area contributed by atoms with Gasteiger partial charge < -0.3 is 0 Å². The van der Waals surface area contributed by atoms with Crippen molar-refractivity contribution in [3.63, 3.8) is 0 Å². The zero-order chi connectivity index (χ0) is 23.8. The summed E-state index contributed by atoms with van der Waals surface area (Å²) in [4.78, 5) is 0. The van der Waals surface area contributed by atoms with Gasteiger partial charge in [0.2, 0.25) is 5.54 Å². The Morgan fingerprint density at radius 3 is 1.57 bits per heavy atom. The molecule has 30 heavy (non-hydrogen) atoms. The van der Waals surface area contributed by atoms with Crippen molar-refractivity contribution in [2.24, 2.45) is 0 Å². The number of allylic oxidation sites excluding steroid dienone is 1. The number of hydrogen-bond donors (Lipinski definition) is 0. The first-order valence-electron chi connectivity index (χ1n) is 8.71. The van der Waals surface area contributed by atoms with E-state index in [1.54, 1.807) is 0 Å². The summed E-state index contributed by atoms with van der Waals surface area (Å²) in [6.07, 6.45) is -28.4. The number of nitrogens with zero attached hydrogens (tertiary/aromatic N) is 2. The Bertz CT molecular complexity index is 667. The van der Waals surface area contributed by atoms with Crippen molar-refractivity contribution < 1.29 is 52.7 Å². The lowest BCUT2D eigenvalue weighted by molar-refractivity contribution is -0.380. The Morgan fingerprint density at radius 1 is 0.800 bits per heavy atom. The zero-order valence-electron chi connectivity index (χ0n) is 15.8. The van der Waals surface area contributed by atoms with Crippen LogP contribution in [0.1, 0.15) is 46.5 Å². The van der Waals surface area contributed by atoms with Gasteiger partial charge in [-0.25, -0.2) is 0 Å². The highest BCUT2D eigenvalue weighted by Gasteiger charge is 2.88. The quantitative estimate of drug-likeness (QED) is 0.438. The first-order chi connectivity index (χ1) is 13.1. The largest absolute Gasteiger partial charge is 0.422 e. The van der Waals surface area contributed by atoms with E-state index in [0.717, 1.165) is 0 Å². The Morgan fingerprint density at radius 2 is 1.23 bits per heavy atom. The molecule has 2 aliphatic rings. The van der Waals surface area contributed by atoms with Crippen molar-refractivity contribution in [1.29, 1.82) is 0 Å². The van der Waals surface area contributed by atoms with E-state index in [2.05, 4.69) is 0 Å². The van der Waals surface area contributed by atoms with Crippen molar-refractivity contribution >= 4 is 0 Å². The van der Waals surface area contributed by atoms with Crippen LogP contribution in [0.5, 0.6) is 0 Å². The van der Waals surface area contributed by atoms with Crippen LogP contribution in [-0.4, -0.2) is 51.3 Å². The molecule has 0 radical (unpaired) electrons. The van der Waals surface area contributed by atoms with Crippen molar-refractivity contribution in [2.75, 3.05) is 0 Å². The van der Waals surface area contributed by atoms with Crippen LogP contribution in [0.2, 0.25) is 0 Å². The topological polar surface area (TPSA) is 6.48 Å². The monoisotopic (exact) mass is 466 g/mol. The molecule has 0 amide bonds. The summed E-state index contributed by atoms with van der Waals surface area (Å²) in [5.74, 6) is 0. The molecule has 1 saturated heterocycles. The average Bonchev–Trinajstić information content (AvgIpc) is 2.96. The first-order valence-corrected chi connectivity index (χ1v) is 8.71. The summed E-state index contributed by atoms with van der Waals surface area (Å²) in [6.45, 7) is 2.44. The number of unbranched alkanes of at least 4 members (excludes halogenated alkanes) is 1. The number of alkyl halides is 12. The molecular weight excluding hydrogens is 448 g/mol. The molecule has 0 spiro atoms. The van der Waals surface area contributed by atoms with E-state index in [0.29, 0.717) is 13.8 Å². The fourth-order valence-corrected chi connectivity index (χ4v) is 4.29. The molecular formula is C16H18F12N2. The minimum absolute atomic E-state index is 0.116. The molecule has 2 aliphatic heterocycles. The molecule has 0 aliphatic carbocycles. The van der Waals surface area contributed by atoms with Gasteiger partial charge in [-0.2, -0.15) is 57.7 Å². The summed E-state index contributed by atoms with van der Waals surface area (Å²) in [7, 11) is 0. The molecule has 0 N–H and O–H groups in total. The lowest BCUT2D eigenvalue weighted by Crippen LogP contribution is -2.72. The predicted octanol–water partition coefficient (Wildman–Crippen LogP) is 6.50. The van der Waals surface area contributed by atoms with Gasteiger partial charge in [0, 0.05) is 17.7 Å². The van der Waals surface area contributed by atoms with Gasteiger partial charge in [-0.3, -0.25) is 5.01 Å². The zero-order valence-corrected chi connectivity index (χ0v) is 15.8. The highest BCUT2D eigenvalue weighted by atomic mass is 19.4. The van der Waals surface area contributed by atoms with E-state index in [4.69, 9.17) is 0 Å². The highest BCUT2D eigenvalue weighted by Crippen LogP contribution is 2.66. The Balaban J connectivity index is 2.97. The Kier molecular flexibility index (Phi) is 5.47. The van der Waals surface area contributed by atoms with Gasteiger partial charge in [-0.05, 0) is 32.8 Å². The minimum atomic E-state index is -6.25. The molecule has 0 aromatic heterocycles. The maximum atomic E-state index is 13.9. The summed E-state index contributed by atoms with van der Waals surface area (Å²) < 4.78 is 166. The third-order valence-corrected chi connectivity index (χ3v) is 5.39. The van der Waals surface area contributed by atoms with Crippen LogP contribution in [0.15, 0.2) is 11.8 Å². The third kappa shape index (κ3) is 3.07. The van der Waals surface area contributed by atoms with Gasteiger partial charge in [0.1, 0.15) is 0 Å². The summed E-state index contributed by atoms with van der Waals surface area (Å²) in [5, 5.41) is -1.64. The Hall–Kier alpha value is -1.34. The van der Waals surface area contributed by atoms with E-state index in [-0.39, 0.29) is 12.8 Å². The second-order valence-corrected chi connectivity index (χ2v) is 7.97. The summed E-state index contributed by atoms with van der Waals surface area (Å²) in [6, 6.07) is 0. The van der Waals surface area contributed by atoms with Crippen molar-refractivity contribution in [3.8, 4) is 0 Å². The highest BCUT2D eigenvalue weighted by molar-refractivity contribution is 5.35. The molecule has 1 fully saturated rings. The molecule has 176 valence electrons. The lowest BCUT2D eigenvalue weighted by atomic mass is 9.82. The molecule has 0 aromatic carbocycles. The number of halogens is 12. The van der Waals surface area contributed by atoms with Crippen LogP contribution < -0.4 is 0 Å². The van der Waals surface area contributed by atoms with Crippen LogP contribution in [0.25, 0.3) is 0 Å². The number of fused-ring (bicyclic) bond motifs is 1. The Labute approximate surface area is 163 Å². The maximum Gasteiger partial charge on any atom is 0.422 e. The van der Waals surface area contributed by atoms with Gasteiger partial charge in [0.15, 0.2) is 0 Å². The molecule has 0 bridgehead atoms. The second kappa shape index (κ2) is 6.58. The van der Waals surface area contributed by atoms with Gasteiger partial charge in [0.25, 0.3) is 5.54 Å².